The predicted molar refractivity (Wildman–Crippen MR) is 89.5 cm³/mol. The van der Waals surface area contributed by atoms with E-state index in [1.54, 1.807) is 26.0 Å². The van der Waals surface area contributed by atoms with Crippen molar-refractivity contribution in [1.29, 1.82) is 0 Å². The van der Waals surface area contributed by atoms with Crippen LogP contribution in [0.25, 0.3) is 0 Å². The highest BCUT2D eigenvalue weighted by Crippen LogP contribution is 2.48. The summed E-state index contributed by atoms with van der Waals surface area (Å²) in [6.45, 7) is 7.18. The van der Waals surface area contributed by atoms with Crippen LogP contribution in [-0.2, 0) is 27.9 Å². The van der Waals surface area contributed by atoms with Crippen LogP contribution >= 0.6 is 19.2 Å². The van der Waals surface area contributed by atoms with Crippen molar-refractivity contribution in [3.05, 3.63) is 28.8 Å². The molecule has 0 aliphatic carbocycles. The van der Waals surface area contributed by atoms with Crippen LogP contribution in [0.3, 0.4) is 0 Å². The van der Waals surface area contributed by atoms with Crippen LogP contribution in [0.5, 0.6) is 0 Å². The van der Waals surface area contributed by atoms with E-state index in [0.717, 1.165) is 0 Å². The summed E-state index contributed by atoms with van der Waals surface area (Å²) in [6.07, 6.45) is -0.695. The van der Waals surface area contributed by atoms with Crippen molar-refractivity contribution in [2.24, 2.45) is 0 Å². The lowest BCUT2D eigenvalue weighted by Gasteiger charge is -2.18. The molecule has 0 radical (unpaired) electrons. The van der Waals surface area contributed by atoms with E-state index in [-0.39, 0.29) is 29.0 Å². The minimum atomic E-state index is -4.20. The van der Waals surface area contributed by atoms with Gasteiger partial charge in [0.25, 0.3) is 10.1 Å². The third kappa shape index (κ3) is 5.55. The number of hydrogen-bond donors (Lipinski definition) is 0. The summed E-state index contributed by atoms with van der Waals surface area (Å²) in [4.78, 5) is -0.115. The van der Waals surface area contributed by atoms with E-state index in [2.05, 4.69) is 0 Å². The van der Waals surface area contributed by atoms with E-state index in [0.29, 0.717) is 5.56 Å². The van der Waals surface area contributed by atoms with Gasteiger partial charge in [0.1, 0.15) is 4.90 Å². The molecule has 0 aromatic heterocycles. The average Bonchev–Trinajstić information content (AvgIpc) is 2.45. The highest BCUT2D eigenvalue weighted by Gasteiger charge is 2.31. The Kier molecular flexibility index (Phi) is 7.71. The Morgan fingerprint density at radius 3 is 2.22 bits per heavy atom. The Morgan fingerprint density at radius 1 is 1.17 bits per heavy atom. The largest absolute Gasteiger partial charge is 0.357 e. The molecule has 23 heavy (non-hydrogen) atoms. The lowest BCUT2D eigenvalue weighted by Crippen LogP contribution is -2.13. The van der Waals surface area contributed by atoms with Gasteiger partial charge in [-0.3, -0.25) is 8.75 Å². The van der Waals surface area contributed by atoms with E-state index >= 15 is 0 Å². The molecule has 1 aromatic carbocycles. The molecule has 0 N–H and O–H groups in total. The molecule has 0 aliphatic rings. The van der Waals surface area contributed by atoms with Crippen LogP contribution in [0.1, 0.15) is 39.2 Å². The van der Waals surface area contributed by atoms with E-state index in [4.69, 9.17) is 24.8 Å². The van der Waals surface area contributed by atoms with E-state index in [1.165, 1.54) is 6.07 Å². The van der Waals surface area contributed by atoms with Crippen molar-refractivity contribution in [3.63, 3.8) is 0 Å². The monoisotopic (exact) mass is 384 g/mol. The molecular weight excluding hydrogens is 363 g/mol. The van der Waals surface area contributed by atoms with Crippen molar-refractivity contribution in [3.8, 4) is 0 Å². The van der Waals surface area contributed by atoms with Crippen LogP contribution in [0.2, 0.25) is 5.02 Å². The number of hydrogen-bond acceptors (Lipinski definition) is 6. The zero-order chi connectivity index (χ0) is 17.7. The fraction of sp³-hybridized carbons (Fsp3) is 0.571. The second kappa shape index (κ2) is 8.60. The van der Waals surface area contributed by atoms with Crippen LogP contribution < -0.4 is 0 Å². The van der Waals surface area contributed by atoms with E-state index < -0.39 is 24.1 Å². The highest BCUT2D eigenvalue weighted by molar-refractivity contribution is 7.87. The molecule has 0 bridgehead atoms. The van der Waals surface area contributed by atoms with Gasteiger partial charge in [-0.15, -0.1) is 0 Å². The molecular formula is C14H22ClO6PS. The zero-order valence-corrected chi connectivity index (χ0v) is 16.1. The molecule has 0 unspecified atom stereocenters. The third-order valence-electron chi connectivity index (χ3n) is 2.89. The molecule has 0 saturated heterocycles. The molecule has 0 aliphatic heterocycles. The van der Waals surface area contributed by atoms with Crippen molar-refractivity contribution >= 4 is 29.3 Å². The number of rotatable bonds is 9. The Balaban J connectivity index is 3.12. The Labute approximate surface area is 142 Å². The minimum Gasteiger partial charge on any atom is -0.307 e. The van der Waals surface area contributed by atoms with Gasteiger partial charge >= 0.3 is 7.60 Å². The number of halogens is 1. The van der Waals surface area contributed by atoms with Gasteiger partial charge in [0.05, 0.1) is 18.2 Å². The van der Waals surface area contributed by atoms with Gasteiger partial charge in [0, 0.05) is 0 Å². The SMILES string of the molecule is CCOP(=O)(COS(=O)(=O)c1c(Cl)cccc1C(C)C)OCC. The van der Waals surface area contributed by atoms with Gasteiger partial charge in [-0.2, -0.15) is 8.42 Å². The Hall–Kier alpha value is -0.430. The zero-order valence-electron chi connectivity index (χ0n) is 13.6. The van der Waals surface area contributed by atoms with Crippen LogP contribution in [-0.4, -0.2) is 28.0 Å². The van der Waals surface area contributed by atoms with Crippen LogP contribution in [0.4, 0.5) is 0 Å². The quantitative estimate of drug-likeness (QED) is 0.464. The van der Waals surface area contributed by atoms with Crippen LogP contribution in [0.15, 0.2) is 23.1 Å². The number of benzene rings is 1. The highest BCUT2D eigenvalue weighted by atomic mass is 35.5. The molecule has 132 valence electrons. The first-order chi connectivity index (χ1) is 10.7. The molecule has 0 fully saturated rings. The van der Waals surface area contributed by atoms with Gasteiger partial charge in [-0.1, -0.05) is 37.6 Å². The maximum absolute atomic E-state index is 12.5. The topological polar surface area (TPSA) is 78.9 Å². The summed E-state index contributed by atoms with van der Waals surface area (Å²) < 4.78 is 52.3. The second-order valence-electron chi connectivity index (χ2n) is 4.96. The predicted octanol–water partition coefficient (Wildman–Crippen LogP) is 4.39. The summed E-state index contributed by atoms with van der Waals surface area (Å²) >= 11 is 6.04. The van der Waals surface area contributed by atoms with Crippen LogP contribution in [0, 0.1) is 0 Å². The molecule has 0 heterocycles. The van der Waals surface area contributed by atoms with Gasteiger partial charge in [-0.25, -0.2) is 0 Å². The first-order valence-corrected chi connectivity index (χ1v) is 10.7. The Morgan fingerprint density at radius 2 is 1.74 bits per heavy atom. The van der Waals surface area contributed by atoms with Gasteiger partial charge in [0.15, 0.2) is 6.35 Å². The van der Waals surface area contributed by atoms with E-state index in [1.807, 2.05) is 13.8 Å². The maximum atomic E-state index is 12.5. The second-order valence-corrected chi connectivity index (χ2v) is 8.92. The van der Waals surface area contributed by atoms with Gasteiger partial charge in [-0.05, 0) is 31.4 Å². The lowest BCUT2D eigenvalue weighted by molar-refractivity contribution is 0.198. The summed E-state index contributed by atoms with van der Waals surface area (Å²) in [5, 5.41) is 0.0545. The molecule has 1 aromatic rings. The fourth-order valence-electron chi connectivity index (χ4n) is 1.94. The van der Waals surface area contributed by atoms with Gasteiger partial charge in [0.2, 0.25) is 0 Å². The lowest BCUT2D eigenvalue weighted by atomic mass is 10.0. The molecule has 0 saturated carbocycles. The molecule has 0 amide bonds. The van der Waals surface area contributed by atoms with E-state index in [9.17, 15) is 13.0 Å². The van der Waals surface area contributed by atoms with Crippen molar-refractivity contribution in [2.45, 2.75) is 38.5 Å². The summed E-state index contributed by atoms with van der Waals surface area (Å²) in [5.41, 5.74) is 0.528. The molecule has 1 rings (SSSR count). The van der Waals surface area contributed by atoms with Crippen molar-refractivity contribution in [1.82, 2.24) is 0 Å². The maximum Gasteiger partial charge on any atom is 0.357 e. The first-order valence-electron chi connectivity index (χ1n) is 7.22. The summed E-state index contributed by atoms with van der Waals surface area (Å²) in [5.74, 6) is -0.0762. The molecule has 9 heteroatoms. The summed E-state index contributed by atoms with van der Waals surface area (Å²) in [6, 6.07) is 4.80. The smallest absolute Gasteiger partial charge is 0.307 e. The molecule has 6 nitrogen and oxygen atoms in total. The summed E-state index contributed by atoms with van der Waals surface area (Å²) in [7, 11) is -7.84. The fourth-order valence-corrected chi connectivity index (χ4v) is 5.51. The standard InChI is InChI=1S/C14H22ClO6PS/c1-5-19-22(16,20-6-2)10-21-23(17,18)14-12(11(3)4)8-7-9-13(14)15/h7-9,11H,5-6,10H2,1-4H3. The average molecular weight is 385 g/mol. The minimum absolute atomic E-state index is 0.0545. The first kappa shape index (κ1) is 20.6. The van der Waals surface area contributed by atoms with Crippen molar-refractivity contribution in [2.75, 3.05) is 19.6 Å². The third-order valence-corrected chi connectivity index (χ3v) is 6.62. The molecule has 0 atom stereocenters. The Bertz CT molecular complexity index is 664. The molecule has 0 spiro atoms. The van der Waals surface area contributed by atoms with Crippen molar-refractivity contribution < 1.29 is 26.2 Å². The van der Waals surface area contributed by atoms with Gasteiger partial charge < -0.3 is 9.05 Å². The normalized spacial score (nSPS) is 12.8.